The van der Waals surface area contributed by atoms with Gasteiger partial charge in [0.1, 0.15) is 5.60 Å². The van der Waals surface area contributed by atoms with Crippen LogP contribution < -0.4 is 0 Å². The summed E-state index contributed by atoms with van der Waals surface area (Å²) in [5, 5.41) is 10.1. The van der Waals surface area contributed by atoms with Gasteiger partial charge >= 0.3 is 0 Å². The fourth-order valence-corrected chi connectivity index (χ4v) is 2.22. The Hall–Kier alpha value is -0.830. The van der Waals surface area contributed by atoms with Crippen LogP contribution in [0.15, 0.2) is 11.8 Å². The summed E-state index contributed by atoms with van der Waals surface area (Å²) in [7, 11) is 0. The first-order valence-corrected chi connectivity index (χ1v) is 5.30. The average molecular weight is 196 g/mol. The first kappa shape index (κ1) is 9.71. The van der Waals surface area contributed by atoms with Crippen molar-refractivity contribution >= 4 is 5.78 Å². The Bertz CT molecular complexity index is 262. The van der Waals surface area contributed by atoms with E-state index in [0.717, 1.165) is 25.7 Å². The number of rotatable bonds is 2. The zero-order valence-electron chi connectivity index (χ0n) is 8.29. The number of carbonyl (C=O) groups is 1. The van der Waals surface area contributed by atoms with Crippen LogP contribution in [-0.2, 0) is 9.53 Å². The number of ether oxygens (including phenoxy) is 1. The summed E-state index contributed by atoms with van der Waals surface area (Å²) < 4.78 is 5.11. The minimum absolute atomic E-state index is 0.102. The van der Waals surface area contributed by atoms with E-state index in [1.54, 1.807) is 0 Å². The molecule has 0 aromatic carbocycles. The number of Topliss-reactive ketones (excluding diaryl/α,β-unsaturated/α-hetero) is 1. The van der Waals surface area contributed by atoms with Crippen LogP contribution in [0.1, 0.15) is 38.5 Å². The molecule has 0 aromatic heterocycles. The maximum Gasteiger partial charge on any atom is 0.193 e. The molecule has 14 heavy (non-hydrogen) atoms. The molecule has 1 N–H and O–H groups in total. The molecular weight excluding hydrogens is 180 g/mol. The van der Waals surface area contributed by atoms with Crippen LogP contribution in [0.3, 0.4) is 0 Å². The van der Waals surface area contributed by atoms with E-state index in [4.69, 9.17) is 4.74 Å². The van der Waals surface area contributed by atoms with Gasteiger partial charge in [-0.15, -0.1) is 0 Å². The zero-order chi connectivity index (χ0) is 10.0. The summed E-state index contributed by atoms with van der Waals surface area (Å²) in [6.45, 7) is 0.690. The van der Waals surface area contributed by atoms with Gasteiger partial charge in [0.25, 0.3) is 0 Å². The van der Waals surface area contributed by atoms with Gasteiger partial charge in [-0.25, -0.2) is 0 Å². The molecule has 1 heterocycles. The van der Waals surface area contributed by atoms with E-state index in [2.05, 4.69) is 0 Å². The van der Waals surface area contributed by atoms with Gasteiger partial charge in [-0.2, -0.15) is 0 Å². The molecule has 1 aliphatic carbocycles. The molecule has 1 saturated carbocycles. The fraction of sp³-hybridized carbons (Fsp3) is 0.727. The van der Waals surface area contributed by atoms with Crippen molar-refractivity contribution in [3.05, 3.63) is 11.8 Å². The number of carbonyl (C=O) groups excluding carboxylic acids is 1. The molecule has 0 atom stereocenters. The summed E-state index contributed by atoms with van der Waals surface area (Å²) in [5.41, 5.74) is -0.410. The Balaban J connectivity index is 2.10. The molecule has 0 unspecified atom stereocenters. The minimum atomic E-state index is -1.08. The van der Waals surface area contributed by atoms with Gasteiger partial charge in [0.2, 0.25) is 0 Å². The number of hydrogen-bond donors (Lipinski definition) is 1. The monoisotopic (exact) mass is 196 g/mol. The van der Waals surface area contributed by atoms with Crippen molar-refractivity contribution in [2.24, 2.45) is 0 Å². The molecule has 1 aliphatic heterocycles. The predicted molar refractivity (Wildman–Crippen MR) is 51.7 cm³/mol. The van der Waals surface area contributed by atoms with Crippen molar-refractivity contribution in [3.8, 4) is 0 Å². The lowest BCUT2D eigenvalue weighted by Crippen LogP contribution is -2.37. The SMILES string of the molecule is O=C(C1=COCCC1)C1(O)CCCC1. The van der Waals surface area contributed by atoms with Gasteiger partial charge in [-0.1, -0.05) is 0 Å². The fourth-order valence-electron chi connectivity index (χ4n) is 2.22. The van der Waals surface area contributed by atoms with E-state index in [9.17, 15) is 9.90 Å². The van der Waals surface area contributed by atoms with Crippen molar-refractivity contribution in [2.75, 3.05) is 6.61 Å². The first-order valence-electron chi connectivity index (χ1n) is 5.30. The van der Waals surface area contributed by atoms with Crippen LogP contribution in [0.4, 0.5) is 0 Å². The molecule has 3 nitrogen and oxygen atoms in total. The van der Waals surface area contributed by atoms with Gasteiger partial charge in [-0.3, -0.25) is 4.79 Å². The second kappa shape index (κ2) is 3.73. The van der Waals surface area contributed by atoms with E-state index in [1.807, 2.05) is 0 Å². The Morgan fingerprint density at radius 3 is 2.64 bits per heavy atom. The zero-order valence-corrected chi connectivity index (χ0v) is 8.29. The highest BCUT2D eigenvalue weighted by Gasteiger charge is 2.40. The lowest BCUT2D eigenvalue weighted by Gasteiger charge is -2.23. The summed E-state index contributed by atoms with van der Waals surface area (Å²) in [6.07, 6.45) is 6.30. The van der Waals surface area contributed by atoms with Crippen LogP contribution in [0, 0.1) is 0 Å². The Labute approximate surface area is 83.8 Å². The van der Waals surface area contributed by atoms with Crippen molar-refractivity contribution < 1.29 is 14.6 Å². The third-order valence-electron chi connectivity index (χ3n) is 3.08. The van der Waals surface area contributed by atoms with Crippen LogP contribution in [-0.4, -0.2) is 23.1 Å². The summed E-state index contributed by atoms with van der Waals surface area (Å²) in [5.74, 6) is -0.102. The number of ketones is 1. The highest BCUT2D eigenvalue weighted by molar-refractivity contribution is 6.01. The summed E-state index contributed by atoms with van der Waals surface area (Å²) in [6, 6.07) is 0. The molecule has 2 rings (SSSR count). The molecule has 2 aliphatic rings. The molecule has 1 fully saturated rings. The van der Waals surface area contributed by atoms with Gasteiger partial charge in [-0.05, 0) is 38.5 Å². The minimum Gasteiger partial charge on any atom is -0.501 e. The standard InChI is InChI=1S/C11H16O3/c12-10(9-4-3-7-14-8-9)11(13)5-1-2-6-11/h8,13H,1-7H2. The van der Waals surface area contributed by atoms with E-state index in [1.165, 1.54) is 6.26 Å². The summed E-state index contributed by atoms with van der Waals surface area (Å²) in [4.78, 5) is 11.9. The lowest BCUT2D eigenvalue weighted by molar-refractivity contribution is -0.133. The Morgan fingerprint density at radius 2 is 2.07 bits per heavy atom. The molecule has 0 amide bonds. The second-order valence-electron chi connectivity index (χ2n) is 4.19. The molecular formula is C11H16O3. The van der Waals surface area contributed by atoms with Crippen LogP contribution in [0.5, 0.6) is 0 Å². The predicted octanol–water partition coefficient (Wildman–Crippen LogP) is 1.55. The summed E-state index contributed by atoms with van der Waals surface area (Å²) >= 11 is 0. The van der Waals surface area contributed by atoms with Crippen LogP contribution in [0.25, 0.3) is 0 Å². The lowest BCUT2D eigenvalue weighted by atomic mass is 9.89. The average Bonchev–Trinajstić information content (AvgIpc) is 2.67. The van der Waals surface area contributed by atoms with Gasteiger partial charge in [0.15, 0.2) is 5.78 Å². The maximum absolute atomic E-state index is 11.9. The largest absolute Gasteiger partial charge is 0.501 e. The molecule has 0 radical (unpaired) electrons. The quantitative estimate of drug-likeness (QED) is 0.729. The smallest absolute Gasteiger partial charge is 0.193 e. The third-order valence-corrected chi connectivity index (χ3v) is 3.08. The molecule has 3 heteroatoms. The van der Waals surface area contributed by atoms with Crippen molar-refractivity contribution in [2.45, 2.75) is 44.1 Å². The van der Waals surface area contributed by atoms with E-state index in [-0.39, 0.29) is 5.78 Å². The molecule has 0 aromatic rings. The van der Waals surface area contributed by atoms with Gasteiger partial charge < -0.3 is 9.84 Å². The van der Waals surface area contributed by atoms with Crippen molar-refractivity contribution in [1.82, 2.24) is 0 Å². The number of hydrogen-bond acceptors (Lipinski definition) is 3. The van der Waals surface area contributed by atoms with Gasteiger partial charge in [0, 0.05) is 5.57 Å². The maximum atomic E-state index is 11.9. The topological polar surface area (TPSA) is 46.5 Å². The second-order valence-corrected chi connectivity index (χ2v) is 4.19. The van der Waals surface area contributed by atoms with Crippen LogP contribution in [0.2, 0.25) is 0 Å². The normalized spacial score (nSPS) is 25.4. The Kier molecular flexibility index (Phi) is 2.59. The van der Waals surface area contributed by atoms with Gasteiger partial charge in [0.05, 0.1) is 12.9 Å². The molecule has 0 spiro atoms. The van der Waals surface area contributed by atoms with E-state index < -0.39 is 5.60 Å². The Morgan fingerprint density at radius 1 is 1.36 bits per heavy atom. The molecule has 0 saturated heterocycles. The first-order chi connectivity index (χ1) is 6.72. The van der Waals surface area contributed by atoms with Crippen LogP contribution >= 0.6 is 0 Å². The number of aliphatic hydroxyl groups is 1. The van der Waals surface area contributed by atoms with E-state index in [0.29, 0.717) is 25.0 Å². The molecule has 78 valence electrons. The molecule has 0 bridgehead atoms. The van der Waals surface area contributed by atoms with Crippen molar-refractivity contribution in [1.29, 1.82) is 0 Å². The van der Waals surface area contributed by atoms with Crippen molar-refractivity contribution in [3.63, 3.8) is 0 Å². The highest BCUT2D eigenvalue weighted by Crippen LogP contribution is 2.33. The van der Waals surface area contributed by atoms with E-state index >= 15 is 0 Å². The third kappa shape index (κ3) is 1.69. The highest BCUT2D eigenvalue weighted by atomic mass is 16.5.